The van der Waals surface area contributed by atoms with E-state index in [1.807, 2.05) is 38.2 Å². The fraction of sp³-hybridized carbons (Fsp3) is 0.455. The molecule has 0 radical (unpaired) electrons. The lowest BCUT2D eigenvalue weighted by atomic mass is 10.2. The predicted molar refractivity (Wildman–Crippen MR) is 134 cm³/mol. The molecule has 0 unspecified atom stereocenters. The van der Waals surface area contributed by atoms with E-state index in [1.54, 1.807) is 7.11 Å². The number of benzene rings is 1. The van der Waals surface area contributed by atoms with Crippen molar-refractivity contribution in [3.8, 4) is 11.5 Å². The maximum atomic E-state index is 5.66. The minimum absolute atomic E-state index is 0. The summed E-state index contributed by atoms with van der Waals surface area (Å²) in [6.45, 7) is 8.10. The Kier molecular flexibility index (Phi) is 9.99. The number of pyridine rings is 1. The molecule has 30 heavy (non-hydrogen) atoms. The monoisotopic (exact) mass is 525 g/mol. The third-order valence-electron chi connectivity index (χ3n) is 4.73. The van der Waals surface area contributed by atoms with Crippen LogP contribution < -0.4 is 25.0 Å². The number of hydrogen-bond donors (Lipinski definition) is 2. The van der Waals surface area contributed by atoms with Crippen molar-refractivity contribution in [3.63, 3.8) is 0 Å². The Morgan fingerprint density at radius 2 is 1.93 bits per heavy atom. The van der Waals surface area contributed by atoms with Crippen molar-refractivity contribution in [3.05, 3.63) is 42.1 Å². The molecule has 8 heteroatoms. The van der Waals surface area contributed by atoms with E-state index < -0.39 is 0 Å². The molecule has 0 amide bonds. The van der Waals surface area contributed by atoms with Gasteiger partial charge in [-0.2, -0.15) is 0 Å². The van der Waals surface area contributed by atoms with E-state index in [4.69, 9.17) is 14.5 Å². The van der Waals surface area contributed by atoms with Crippen molar-refractivity contribution >= 4 is 41.4 Å². The molecule has 7 nitrogen and oxygen atoms in total. The average Bonchev–Trinajstić information content (AvgIpc) is 3.28. The van der Waals surface area contributed by atoms with Crippen molar-refractivity contribution in [2.45, 2.75) is 33.2 Å². The Balaban J connectivity index is 0.00000320. The van der Waals surface area contributed by atoms with Crippen LogP contribution in [0.3, 0.4) is 0 Å². The Morgan fingerprint density at radius 3 is 2.57 bits per heavy atom. The number of ether oxygens (including phenoxy) is 2. The largest absolute Gasteiger partial charge is 0.493 e. The van der Waals surface area contributed by atoms with E-state index in [0.717, 1.165) is 36.7 Å². The number of aliphatic imine (C=N–C) groups is 1. The Morgan fingerprint density at radius 1 is 1.13 bits per heavy atom. The van der Waals surface area contributed by atoms with Crippen molar-refractivity contribution in [2.24, 2.45) is 4.99 Å². The van der Waals surface area contributed by atoms with Crippen LogP contribution >= 0.6 is 24.0 Å². The van der Waals surface area contributed by atoms with E-state index in [-0.39, 0.29) is 24.0 Å². The second-order valence-corrected chi connectivity index (χ2v) is 6.84. The average molecular weight is 525 g/mol. The van der Waals surface area contributed by atoms with Crippen molar-refractivity contribution in [2.75, 3.05) is 43.6 Å². The van der Waals surface area contributed by atoms with Crippen molar-refractivity contribution < 1.29 is 9.47 Å². The summed E-state index contributed by atoms with van der Waals surface area (Å²) in [7, 11) is 1.64. The summed E-state index contributed by atoms with van der Waals surface area (Å²) in [5.74, 6) is 3.19. The summed E-state index contributed by atoms with van der Waals surface area (Å²) in [5.41, 5.74) is 1.96. The van der Waals surface area contributed by atoms with E-state index in [2.05, 4.69) is 32.7 Å². The Bertz CT molecular complexity index is 808. The number of hydrogen-bond acceptors (Lipinski definition) is 5. The molecule has 1 aromatic carbocycles. The van der Waals surface area contributed by atoms with Crippen molar-refractivity contribution in [1.82, 2.24) is 10.3 Å². The van der Waals surface area contributed by atoms with Crippen LogP contribution in [0.1, 0.15) is 32.3 Å². The fourth-order valence-corrected chi connectivity index (χ4v) is 3.28. The van der Waals surface area contributed by atoms with Gasteiger partial charge in [0.1, 0.15) is 5.82 Å². The van der Waals surface area contributed by atoms with E-state index in [0.29, 0.717) is 30.6 Å². The highest BCUT2D eigenvalue weighted by Crippen LogP contribution is 2.30. The first-order valence-electron chi connectivity index (χ1n) is 10.3. The third kappa shape index (κ3) is 6.65. The lowest BCUT2D eigenvalue weighted by Crippen LogP contribution is -2.30. The van der Waals surface area contributed by atoms with Crippen LogP contribution in [-0.2, 0) is 6.54 Å². The number of halogens is 1. The third-order valence-corrected chi connectivity index (χ3v) is 4.73. The van der Waals surface area contributed by atoms with Gasteiger partial charge < -0.3 is 25.0 Å². The molecule has 0 atom stereocenters. The van der Waals surface area contributed by atoms with Gasteiger partial charge >= 0.3 is 0 Å². The molecule has 164 valence electrons. The molecule has 2 aromatic rings. The number of methoxy groups -OCH3 is 1. The summed E-state index contributed by atoms with van der Waals surface area (Å²) in [5, 5.41) is 6.61. The van der Waals surface area contributed by atoms with E-state index in [9.17, 15) is 0 Å². The van der Waals surface area contributed by atoms with Crippen LogP contribution in [0.2, 0.25) is 0 Å². The molecular weight excluding hydrogens is 493 g/mol. The lowest BCUT2D eigenvalue weighted by Gasteiger charge is -2.16. The predicted octanol–water partition coefficient (Wildman–Crippen LogP) is 4.28. The maximum absolute atomic E-state index is 5.66. The molecule has 3 rings (SSSR count). The lowest BCUT2D eigenvalue weighted by molar-refractivity contribution is 0.311. The first-order valence-corrected chi connectivity index (χ1v) is 10.3. The molecule has 1 fully saturated rings. The van der Waals surface area contributed by atoms with Gasteiger partial charge in [-0.1, -0.05) is 6.07 Å². The number of aromatic nitrogens is 1. The molecule has 1 saturated heterocycles. The number of guanidine groups is 1. The van der Waals surface area contributed by atoms with Gasteiger partial charge in [-0.3, -0.25) is 0 Å². The molecule has 1 aliphatic heterocycles. The molecule has 1 aliphatic rings. The van der Waals surface area contributed by atoms with Crippen LogP contribution in [0.15, 0.2) is 41.5 Å². The molecule has 2 heterocycles. The van der Waals surface area contributed by atoms with Gasteiger partial charge in [0.25, 0.3) is 0 Å². The van der Waals surface area contributed by atoms with Gasteiger partial charge in [0.05, 0.1) is 20.3 Å². The highest BCUT2D eigenvalue weighted by atomic mass is 127. The fourth-order valence-electron chi connectivity index (χ4n) is 3.28. The summed E-state index contributed by atoms with van der Waals surface area (Å²) >= 11 is 0. The second kappa shape index (κ2) is 12.5. The minimum atomic E-state index is 0. The first kappa shape index (κ1) is 24.0. The minimum Gasteiger partial charge on any atom is -0.493 e. The Hall–Kier alpha value is -2.23. The van der Waals surface area contributed by atoms with Crippen LogP contribution in [0.4, 0.5) is 11.5 Å². The Labute approximate surface area is 196 Å². The molecule has 0 saturated carbocycles. The zero-order valence-electron chi connectivity index (χ0n) is 18.0. The van der Waals surface area contributed by atoms with Gasteiger partial charge in [0.15, 0.2) is 17.5 Å². The SMILES string of the molecule is CCNC(=NCc1ccc(N2CCCC2)nc1)Nc1ccc(OC)c(OCC)c1.I. The number of rotatable bonds is 8. The summed E-state index contributed by atoms with van der Waals surface area (Å²) in [4.78, 5) is 11.6. The number of anilines is 2. The van der Waals surface area contributed by atoms with Crippen molar-refractivity contribution in [1.29, 1.82) is 0 Å². The summed E-state index contributed by atoms with van der Waals surface area (Å²) in [6, 6.07) is 9.95. The summed E-state index contributed by atoms with van der Waals surface area (Å²) < 4.78 is 11.0. The topological polar surface area (TPSA) is 71.0 Å². The van der Waals surface area contributed by atoms with Gasteiger partial charge in [0.2, 0.25) is 0 Å². The smallest absolute Gasteiger partial charge is 0.196 e. The molecular formula is C22H32IN5O2. The zero-order chi connectivity index (χ0) is 20.5. The van der Waals surface area contributed by atoms with E-state index in [1.165, 1.54) is 12.8 Å². The number of nitrogens with one attached hydrogen (secondary N) is 2. The van der Waals surface area contributed by atoms with Gasteiger partial charge in [-0.15, -0.1) is 24.0 Å². The van der Waals surface area contributed by atoms with Crippen LogP contribution in [0.25, 0.3) is 0 Å². The van der Waals surface area contributed by atoms with Crippen LogP contribution in [-0.4, -0.2) is 44.3 Å². The van der Waals surface area contributed by atoms with Crippen LogP contribution in [0, 0.1) is 0 Å². The first-order chi connectivity index (χ1) is 14.2. The van der Waals surface area contributed by atoms with Gasteiger partial charge in [-0.05, 0) is 50.5 Å². The zero-order valence-corrected chi connectivity index (χ0v) is 20.3. The summed E-state index contributed by atoms with van der Waals surface area (Å²) in [6.07, 6.45) is 4.42. The highest BCUT2D eigenvalue weighted by Gasteiger charge is 2.13. The molecule has 0 bridgehead atoms. The molecule has 1 aromatic heterocycles. The maximum Gasteiger partial charge on any atom is 0.196 e. The van der Waals surface area contributed by atoms with E-state index >= 15 is 0 Å². The number of nitrogens with zero attached hydrogens (tertiary/aromatic N) is 3. The second-order valence-electron chi connectivity index (χ2n) is 6.84. The highest BCUT2D eigenvalue weighted by molar-refractivity contribution is 14.0. The van der Waals surface area contributed by atoms with Crippen LogP contribution in [0.5, 0.6) is 11.5 Å². The normalized spacial score (nSPS) is 13.6. The molecule has 2 N–H and O–H groups in total. The molecule has 0 aliphatic carbocycles. The molecule has 0 spiro atoms. The van der Waals surface area contributed by atoms with Gasteiger partial charge in [-0.25, -0.2) is 9.98 Å². The van der Waals surface area contributed by atoms with Gasteiger partial charge in [0, 0.05) is 37.6 Å². The quantitative estimate of drug-likeness (QED) is 0.305. The standard InChI is InChI=1S/C22H31N5O2.HI/c1-4-23-22(26-18-9-10-19(28-3)20(14-18)29-5-2)25-16-17-8-11-21(24-15-17)27-12-6-7-13-27;/h8-11,14-15H,4-7,12-13,16H2,1-3H3,(H2,23,25,26);1H.